The molecule has 2 fully saturated rings. The fraction of sp³-hybridized carbons (Fsp3) is 0.818. The van der Waals surface area contributed by atoms with Crippen LogP contribution < -0.4 is 0 Å². The van der Waals surface area contributed by atoms with Crippen molar-refractivity contribution >= 4 is 11.6 Å². The van der Waals surface area contributed by atoms with Gasteiger partial charge in [-0.3, -0.25) is 4.90 Å². The first-order valence-electron chi connectivity index (χ1n) is 6.15. The van der Waals surface area contributed by atoms with E-state index in [9.17, 15) is 0 Å². The van der Waals surface area contributed by atoms with Crippen molar-refractivity contribution in [3.8, 4) is 0 Å². The Morgan fingerprint density at radius 3 is 3.35 bits per heavy atom. The van der Waals surface area contributed by atoms with Crippen molar-refractivity contribution in [3.63, 3.8) is 0 Å². The average molecular weight is 257 g/mol. The highest BCUT2D eigenvalue weighted by molar-refractivity contribution is 6.16. The molecule has 1 aromatic heterocycles. The second kappa shape index (κ2) is 4.92. The molecule has 0 amide bonds. The molecule has 2 unspecified atom stereocenters. The molecule has 2 atom stereocenters. The maximum Gasteiger partial charge on any atom is 0.147 e. The molecule has 3 rings (SSSR count). The van der Waals surface area contributed by atoms with E-state index in [-0.39, 0.29) is 6.10 Å². The van der Waals surface area contributed by atoms with Crippen LogP contribution in [0.1, 0.15) is 18.7 Å². The molecule has 2 aliphatic rings. The van der Waals surface area contributed by atoms with Gasteiger partial charge in [0.1, 0.15) is 12.2 Å². The lowest BCUT2D eigenvalue weighted by atomic mass is 10.2. The number of rotatable bonds is 3. The first kappa shape index (κ1) is 11.4. The maximum atomic E-state index is 5.90. The van der Waals surface area contributed by atoms with Crippen LogP contribution in [-0.2, 0) is 17.2 Å². The van der Waals surface area contributed by atoms with Crippen LogP contribution in [0.15, 0.2) is 6.33 Å². The standard InChI is InChI=1S/C11H17ClN4O/c12-4-11-14-13-8-16(11)6-10-5-15-3-1-2-9(15)7-17-10/h8-10H,1-7H2. The highest BCUT2D eigenvalue weighted by Crippen LogP contribution is 2.23. The third-order valence-electron chi connectivity index (χ3n) is 3.68. The molecule has 0 aromatic carbocycles. The van der Waals surface area contributed by atoms with Crippen molar-refractivity contribution in [1.82, 2.24) is 19.7 Å². The molecule has 6 heteroatoms. The summed E-state index contributed by atoms with van der Waals surface area (Å²) in [5, 5.41) is 7.86. The molecule has 0 spiro atoms. The number of halogens is 1. The van der Waals surface area contributed by atoms with Gasteiger partial charge in [-0.2, -0.15) is 0 Å². The number of aromatic nitrogens is 3. The molecule has 5 nitrogen and oxygen atoms in total. The number of fused-ring (bicyclic) bond motifs is 1. The van der Waals surface area contributed by atoms with Crippen LogP contribution in [0.5, 0.6) is 0 Å². The smallest absolute Gasteiger partial charge is 0.147 e. The SMILES string of the molecule is ClCc1nncn1CC1CN2CCCC2CO1. The highest BCUT2D eigenvalue weighted by Gasteiger charge is 2.32. The van der Waals surface area contributed by atoms with Crippen LogP contribution in [0.3, 0.4) is 0 Å². The Labute approximate surface area is 106 Å². The van der Waals surface area contributed by atoms with Crippen LogP contribution in [0.4, 0.5) is 0 Å². The summed E-state index contributed by atoms with van der Waals surface area (Å²) in [6.45, 7) is 3.90. The van der Waals surface area contributed by atoms with E-state index in [0.29, 0.717) is 11.9 Å². The Hall–Kier alpha value is -0.650. The topological polar surface area (TPSA) is 43.2 Å². The summed E-state index contributed by atoms with van der Waals surface area (Å²) in [4.78, 5) is 2.54. The fourth-order valence-electron chi connectivity index (χ4n) is 2.75. The minimum absolute atomic E-state index is 0.238. The van der Waals surface area contributed by atoms with E-state index in [0.717, 1.165) is 25.5 Å². The maximum absolute atomic E-state index is 5.90. The Balaban J connectivity index is 1.62. The van der Waals surface area contributed by atoms with Crippen molar-refractivity contribution < 1.29 is 4.74 Å². The first-order valence-corrected chi connectivity index (χ1v) is 6.68. The molecule has 94 valence electrons. The Bertz CT molecular complexity index is 383. The summed E-state index contributed by atoms with van der Waals surface area (Å²) < 4.78 is 7.90. The molecule has 17 heavy (non-hydrogen) atoms. The number of hydrogen-bond donors (Lipinski definition) is 0. The van der Waals surface area contributed by atoms with Crippen molar-refractivity contribution in [3.05, 3.63) is 12.2 Å². The molecule has 3 heterocycles. The summed E-state index contributed by atoms with van der Waals surface area (Å²) in [5.74, 6) is 1.22. The third-order valence-corrected chi connectivity index (χ3v) is 3.92. The van der Waals surface area contributed by atoms with Gasteiger partial charge in [-0.15, -0.1) is 21.8 Å². The van der Waals surface area contributed by atoms with Crippen LogP contribution >= 0.6 is 11.6 Å². The number of alkyl halides is 1. The van der Waals surface area contributed by atoms with E-state index < -0.39 is 0 Å². The summed E-state index contributed by atoms with van der Waals surface area (Å²) in [6.07, 6.45) is 4.56. The number of ether oxygens (including phenoxy) is 1. The van der Waals surface area contributed by atoms with Crippen molar-refractivity contribution in [2.45, 2.75) is 37.4 Å². The van der Waals surface area contributed by atoms with Crippen LogP contribution in [0, 0.1) is 0 Å². The normalized spacial score (nSPS) is 29.5. The van der Waals surface area contributed by atoms with Crippen LogP contribution in [0.25, 0.3) is 0 Å². The van der Waals surface area contributed by atoms with Gasteiger partial charge in [0, 0.05) is 12.6 Å². The van der Waals surface area contributed by atoms with Crippen LogP contribution in [0.2, 0.25) is 0 Å². The summed E-state index contributed by atoms with van der Waals surface area (Å²) >= 11 is 5.81. The minimum Gasteiger partial charge on any atom is -0.373 e. The average Bonchev–Trinajstić information content (AvgIpc) is 2.96. The molecule has 0 saturated carbocycles. The molecule has 2 aliphatic heterocycles. The highest BCUT2D eigenvalue weighted by atomic mass is 35.5. The molecular formula is C11H17ClN4O. The van der Waals surface area contributed by atoms with Gasteiger partial charge in [0.15, 0.2) is 0 Å². The molecule has 1 aromatic rings. The largest absolute Gasteiger partial charge is 0.373 e. The number of nitrogens with zero attached hydrogens (tertiary/aromatic N) is 4. The minimum atomic E-state index is 0.238. The molecule has 0 bridgehead atoms. The lowest BCUT2D eigenvalue weighted by Gasteiger charge is -2.35. The van der Waals surface area contributed by atoms with Gasteiger partial charge < -0.3 is 9.30 Å². The fourth-order valence-corrected chi connectivity index (χ4v) is 2.96. The number of hydrogen-bond acceptors (Lipinski definition) is 4. The molecular weight excluding hydrogens is 240 g/mol. The van der Waals surface area contributed by atoms with Gasteiger partial charge in [0.2, 0.25) is 0 Å². The van der Waals surface area contributed by atoms with Gasteiger partial charge >= 0.3 is 0 Å². The molecule has 0 aliphatic carbocycles. The van der Waals surface area contributed by atoms with Crippen molar-refractivity contribution in [2.24, 2.45) is 0 Å². The summed E-state index contributed by atoms with van der Waals surface area (Å²) in [6, 6.07) is 0.652. The second-order valence-corrected chi connectivity index (χ2v) is 5.05. The summed E-state index contributed by atoms with van der Waals surface area (Å²) in [5.41, 5.74) is 0. The third kappa shape index (κ3) is 2.32. The Morgan fingerprint density at radius 1 is 1.53 bits per heavy atom. The van der Waals surface area contributed by atoms with E-state index in [1.165, 1.54) is 19.4 Å². The van der Waals surface area contributed by atoms with E-state index in [4.69, 9.17) is 16.3 Å². The van der Waals surface area contributed by atoms with Gasteiger partial charge in [-0.25, -0.2) is 0 Å². The molecule has 2 saturated heterocycles. The van der Waals surface area contributed by atoms with Gasteiger partial charge in [-0.1, -0.05) is 0 Å². The van der Waals surface area contributed by atoms with Crippen LogP contribution in [-0.4, -0.2) is 51.5 Å². The zero-order chi connectivity index (χ0) is 11.7. The predicted molar refractivity (Wildman–Crippen MR) is 63.9 cm³/mol. The number of morpholine rings is 1. The van der Waals surface area contributed by atoms with Gasteiger partial charge in [0.25, 0.3) is 0 Å². The zero-order valence-corrected chi connectivity index (χ0v) is 10.5. The van der Waals surface area contributed by atoms with E-state index in [1.807, 2.05) is 4.57 Å². The van der Waals surface area contributed by atoms with E-state index >= 15 is 0 Å². The van der Waals surface area contributed by atoms with E-state index in [1.54, 1.807) is 6.33 Å². The van der Waals surface area contributed by atoms with E-state index in [2.05, 4.69) is 15.1 Å². The quantitative estimate of drug-likeness (QED) is 0.753. The monoisotopic (exact) mass is 256 g/mol. The second-order valence-electron chi connectivity index (χ2n) is 4.78. The predicted octanol–water partition coefficient (Wildman–Crippen LogP) is 0.880. The zero-order valence-electron chi connectivity index (χ0n) is 9.76. The first-order chi connectivity index (χ1) is 8.36. The lowest BCUT2D eigenvalue weighted by molar-refractivity contribution is -0.0554. The lowest BCUT2D eigenvalue weighted by Crippen LogP contribution is -2.47. The van der Waals surface area contributed by atoms with Gasteiger partial charge in [0.05, 0.1) is 25.1 Å². The van der Waals surface area contributed by atoms with Crippen molar-refractivity contribution in [2.75, 3.05) is 19.7 Å². The Morgan fingerprint density at radius 2 is 2.47 bits per heavy atom. The molecule has 0 radical (unpaired) electrons. The molecule has 0 N–H and O–H groups in total. The van der Waals surface area contributed by atoms with Crippen molar-refractivity contribution in [1.29, 1.82) is 0 Å². The Kier molecular flexibility index (Phi) is 3.31. The van der Waals surface area contributed by atoms with Gasteiger partial charge in [-0.05, 0) is 19.4 Å². The summed E-state index contributed by atoms with van der Waals surface area (Å²) in [7, 11) is 0.